The van der Waals surface area contributed by atoms with Gasteiger partial charge < -0.3 is 9.84 Å². The minimum Gasteiger partial charge on any atom is -0.504 e. The molecular formula is C12H11N3O2S. The van der Waals surface area contributed by atoms with Crippen LogP contribution in [0.2, 0.25) is 0 Å². The van der Waals surface area contributed by atoms with Gasteiger partial charge in [-0.15, -0.1) is 0 Å². The lowest BCUT2D eigenvalue weighted by Gasteiger charge is -2.03. The summed E-state index contributed by atoms with van der Waals surface area (Å²) in [6.07, 6.45) is 1.88. The molecule has 0 bridgehead atoms. The molecule has 0 aliphatic rings. The summed E-state index contributed by atoms with van der Waals surface area (Å²) in [6, 6.07) is 5.17. The smallest absolute Gasteiger partial charge is 0.212 e. The summed E-state index contributed by atoms with van der Waals surface area (Å²) in [5, 5.41) is 14.8. The van der Waals surface area contributed by atoms with Crippen molar-refractivity contribution in [2.75, 3.05) is 7.11 Å². The third kappa shape index (κ3) is 1.70. The molecule has 0 saturated heterocycles. The van der Waals surface area contributed by atoms with Gasteiger partial charge in [-0.1, -0.05) is 11.3 Å². The van der Waals surface area contributed by atoms with E-state index in [9.17, 15) is 5.11 Å². The average Bonchev–Trinajstić information content (AvgIpc) is 2.86. The van der Waals surface area contributed by atoms with E-state index in [-0.39, 0.29) is 5.75 Å². The van der Waals surface area contributed by atoms with Crippen molar-refractivity contribution < 1.29 is 9.84 Å². The predicted octanol–water partition coefficient (Wildman–Crippen LogP) is 2.48. The third-order valence-electron chi connectivity index (χ3n) is 2.59. The molecule has 0 unspecified atom stereocenters. The molecule has 0 aliphatic carbocycles. The van der Waals surface area contributed by atoms with Crippen molar-refractivity contribution in [2.45, 2.75) is 6.92 Å². The first-order valence-electron chi connectivity index (χ1n) is 5.37. The minimum absolute atomic E-state index is 0.124. The Morgan fingerprint density at radius 1 is 1.39 bits per heavy atom. The zero-order chi connectivity index (χ0) is 12.7. The number of methoxy groups -OCH3 is 1. The van der Waals surface area contributed by atoms with Crippen LogP contribution in [0.25, 0.3) is 15.5 Å². The first kappa shape index (κ1) is 11.0. The fraction of sp³-hybridized carbons (Fsp3) is 0.167. The summed E-state index contributed by atoms with van der Waals surface area (Å²) in [6.45, 7) is 1.94. The highest BCUT2D eigenvalue weighted by molar-refractivity contribution is 7.19. The van der Waals surface area contributed by atoms with Crippen molar-refractivity contribution >= 4 is 16.3 Å². The lowest BCUT2D eigenvalue weighted by Crippen LogP contribution is -1.86. The van der Waals surface area contributed by atoms with E-state index in [0.717, 1.165) is 21.2 Å². The Morgan fingerprint density at radius 2 is 2.22 bits per heavy atom. The first-order valence-corrected chi connectivity index (χ1v) is 6.19. The van der Waals surface area contributed by atoms with Gasteiger partial charge in [0, 0.05) is 5.56 Å². The molecule has 0 spiro atoms. The number of imidazole rings is 1. The summed E-state index contributed by atoms with van der Waals surface area (Å²) < 4.78 is 6.84. The second-order valence-electron chi connectivity index (χ2n) is 3.90. The van der Waals surface area contributed by atoms with E-state index in [0.29, 0.717) is 5.75 Å². The topological polar surface area (TPSA) is 59.7 Å². The van der Waals surface area contributed by atoms with Crippen LogP contribution in [-0.4, -0.2) is 26.8 Å². The Labute approximate surface area is 107 Å². The van der Waals surface area contributed by atoms with Crippen molar-refractivity contribution in [3.05, 3.63) is 30.1 Å². The van der Waals surface area contributed by atoms with Gasteiger partial charge in [-0.25, -0.2) is 9.50 Å². The largest absolute Gasteiger partial charge is 0.504 e. The molecule has 1 aromatic carbocycles. The van der Waals surface area contributed by atoms with Crippen LogP contribution in [0.3, 0.4) is 0 Å². The monoisotopic (exact) mass is 261 g/mol. The number of aromatic hydroxyl groups is 1. The highest BCUT2D eigenvalue weighted by atomic mass is 32.1. The van der Waals surface area contributed by atoms with Crippen molar-refractivity contribution in [2.24, 2.45) is 0 Å². The zero-order valence-corrected chi connectivity index (χ0v) is 10.7. The molecular weight excluding hydrogens is 250 g/mol. The van der Waals surface area contributed by atoms with E-state index in [1.807, 2.05) is 19.2 Å². The van der Waals surface area contributed by atoms with Gasteiger partial charge in [0.05, 0.1) is 19.0 Å². The van der Waals surface area contributed by atoms with Gasteiger partial charge in [0.1, 0.15) is 5.01 Å². The molecule has 5 nitrogen and oxygen atoms in total. The molecule has 6 heteroatoms. The summed E-state index contributed by atoms with van der Waals surface area (Å²) in [7, 11) is 1.52. The molecule has 3 rings (SSSR count). The van der Waals surface area contributed by atoms with E-state index in [1.165, 1.54) is 18.4 Å². The second kappa shape index (κ2) is 3.99. The van der Waals surface area contributed by atoms with Gasteiger partial charge in [-0.2, -0.15) is 5.10 Å². The highest BCUT2D eigenvalue weighted by Crippen LogP contribution is 2.33. The van der Waals surface area contributed by atoms with Crippen LogP contribution in [0.15, 0.2) is 24.4 Å². The van der Waals surface area contributed by atoms with Crippen LogP contribution >= 0.6 is 11.3 Å². The molecule has 0 fully saturated rings. The molecule has 1 N–H and O–H groups in total. The summed E-state index contributed by atoms with van der Waals surface area (Å²) in [5.74, 6) is 0.565. The van der Waals surface area contributed by atoms with Crippen molar-refractivity contribution in [3.8, 4) is 22.1 Å². The standard InChI is InChI=1S/C12H11N3O2S/c1-7-6-15-12(13-7)18-11(14-15)8-3-4-9(16)10(5-8)17-2/h3-6,16H,1-2H3. The molecule has 2 aromatic heterocycles. The second-order valence-corrected chi connectivity index (χ2v) is 4.86. The van der Waals surface area contributed by atoms with Crippen LogP contribution in [0.1, 0.15) is 5.69 Å². The van der Waals surface area contributed by atoms with Crippen LogP contribution < -0.4 is 4.74 Å². The van der Waals surface area contributed by atoms with Gasteiger partial charge in [0.15, 0.2) is 11.5 Å². The first-order chi connectivity index (χ1) is 8.67. The number of rotatable bonds is 2. The molecule has 3 aromatic rings. The number of nitrogens with zero attached hydrogens (tertiary/aromatic N) is 3. The lowest BCUT2D eigenvalue weighted by atomic mass is 10.2. The van der Waals surface area contributed by atoms with Gasteiger partial charge in [0.2, 0.25) is 4.96 Å². The molecule has 0 aliphatic heterocycles. The number of phenolic OH excluding ortho intramolecular Hbond substituents is 1. The van der Waals surface area contributed by atoms with E-state index < -0.39 is 0 Å². The number of hydrogen-bond donors (Lipinski definition) is 1. The van der Waals surface area contributed by atoms with Gasteiger partial charge in [0.25, 0.3) is 0 Å². The molecule has 18 heavy (non-hydrogen) atoms. The number of benzene rings is 1. The Balaban J connectivity index is 2.10. The summed E-state index contributed by atoms with van der Waals surface area (Å²) >= 11 is 1.50. The van der Waals surface area contributed by atoms with Gasteiger partial charge >= 0.3 is 0 Å². The predicted molar refractivity (Wildman–Crippen MR) is 69.3 cm³/mol. The van der Waals surface area contributed by atoms with Crippen molar-refractivity contribution in [1.29, 1.82) is 0 Å². The van der Waals surface area contributed by atoms with Crippen molar-refractivity contribution in [3.63, 3.8) is 0 Å². The number of hydrogen-bond acceptors (Lipinski definition) is 5. The van der Waals surface area contributed by atoms with Crippen LogP contribution in [0, 0.1) is 6.92 Å². The van der Waals surface area contributed by atoms with E-state index in [1.54, 1.807) is 16.6 Å². The number of aromatic nitrogens is 3. The van der Waals surface area contributed by atoms with E-state index in [2.05, 4.69) is 10.1 Å². The van der Waals surface area contributed by atoms with Crippen LogP contribution in [0.5, 0.6) is 11.5 Å². The molecule has 0 atom stereocenters. The SMILES string of the molecule is COc1cc(-c2nn3cc(C)nc3s2)ccc1O. The maximum absolute atomic E-state index is 9.56. The van der Waals surface area contributed by atoms with Gasteiger partial charge in [-0.3, -0.25) is 0 Å². The molecule has 2 heterocycles. The zero-order valence-electron chi connectivity index (χ0n) is 9.91. The molecule has 92 valence electrons. The van der Waals surface area contributed by atoms with Crippen LogP contribution in [0.4, 0.5) is 0 Å². The average molecular weight is 261 g/mol. The third-order valence-corrected chi connectivity index (χ3v) is 3.56. The maximum Gasteiger partial charge on any atom is 0.212 e. The molecule has 0 saturated carbocycles. The molecule has 0 radical (unpaired) electrons. The quantitative estimate of drug-likeness (QED) is 0.770. The summed E-state index contributed by atoms with van der Waals surface area (Å²) in [4.78, 5) is 5.21. The van der Waals surface area contributed by atoms with E-state index >= 15 is 0 Å². The number of aryl methyl sites for hydroxylation is 1. The fourth-order valence-electron chi connectivity index (χ4n) is 1.74. The summed E-state index contributed by atoms with van der Waals surface area (Å²) in [5.41, 5.74) is 1.85. The lowest BCUT2D eigenvalue weighted by molar-refractivity contribution is 0.373. The maximum atomic E-state index is 9.56. The number of ether oxygens (including phenoxy) is 1. The Hall–Kier alpha value is -2.08. The number of fused-ring (bicyclic) bond motifs is 1. The van der Waals surface area contributed by atoms with Gasteiger partial charge in [-0.05, 0) is 25.1 Å². The highest BCUT2D eigenvalue weighted by Gasteiger charge is 2.10. The normalized spacial score (nSPS) is 11.0. The minimum atomic E-state index is 0.124. The van der Waals surface area contributed by atoms with Crippen LogP contribution in [-0.2, 0) is 0 Å². The van der Waals surface area contributed by atoms with E-state index in [4.69, 9.17) is 4.74 Å². The Kier molecular flexibility index (Phi) is 2.45. The number of phenols is 1. The Bertz CT molecular complexity index is 686. The van der Waals surface area contributed by atoms with Crippen molar-refractivity contribution in [1.82, 2.24) is 14.6 Å². The Morgan fingerprint density at radius 3 is 2.94 bits per heavy atom. The fourth-order valence-corrected chi connectivity index (χ4v) is 2.66. The molecule has 0 amide bonds.